The van der Waals surface area contributed by atoms with Gasteiger partial charge in [-0.15, -0.1) is 0 Å². The molecule has 0 saturated carbocycles. The van der Waals surface area contributed by atoms with Gasteiger partial charge in [0.2, 0.25) is 0 Å². The van der Waals surface area contributed by atoms with Crippen LogP contribution in [0, 0.1) is 0 Å². The number of aliphatic hydroxyl groups excluding tert-OH is 1. The van der Waals surface area contributed by atoms with Crippen LogP contribution in [0.1, 0.15) is 11.6 Å². The number of morpholine rings is 1. The van der Waals surface area contributed by atoms with Gasteiger partial charge in [0.1, 0.15) is 5.75 Å². The molecule has 1 saturated heterocycles. The number of aliphatic hydroxyl groups is 1. The molecule has 4 heteroatoms. The third kappa shape index (κ3) is 2.19. The molecule has 0 spiro atoms. The van der Waals surface area contributed by atoms with Crippen LogP contribution in [-0.4, -0.2) is 43.6 Å². The van der Waals surface area contributed by atoms with Crippen molar-refractivity contribution in [2.45, 2.75) is 12.3 Å². The minimum Gasteiger partial charge on any atom is -0.497 e. The fraction of sp³-hybridized carbons (Fsp3) is 0.500. The molecule has 1 fully saturated rings. The van der Waals surface area contributed by atoms with E-state index in [2.05, 4.69) is 4.90 Å². The van der Waals surface area contributed by atoms with Crippen molar-refractivity contribution in [3.63, 3.8) is 0 Å². The van der Waals surface area contributed by atoms with Gasteiger partial charge in [-0.2, -0.15) is 0 Å². The lowest BCUT2D eigenvalue weighted by atomic mass is 10.0. The molecule has 88 valence electrons. The molecule has 4 nitrogen and oxygen atoms in total. The van der Waals surface area contributed by atoms with E-state index in [-0.39, 0.29) is 6.04 Å². The molecule has 0 amide bonds. The first-order valence-corrected chi connectivity index (χ1v) is 5.36. The molecule has 0 aliphatic carbocycles. The van der Waals surface area contributed by atoms with Crippen LogP contribution in [0.5, 0.6) is 5.75 Å². The highest BCUT2D eigenvalue weighted by Gasteiger charge is 2.29. The maximum atomic E-state index is 9.82. The van der Waals surface area contributed by atoms with Gasteiger partial charge in [0, 0.05) is 6.54 Å². The van der Waals surface area contributed by atoms with Crippen molar-refractivity contribution >= 4 is 0 Å². The van der Waals surface area contributed by atoms with E-state index in [0.717, 1.165) is 17.9 Å². The van der Waals surface area contributed by atoms with E-state index in [1.807, 2.05) is 31.3 Å². The SMILES string of the molecule is COc1ccc(C2C(O)OCCN2C)cc1. The Balaban J connectivity index is 2.20. The average Bonchev–Trinajstić information content (AvgIpc) is 2.30. The molecule has 1 aromatic carbocycles. The zero-order valence-electron chi connectivity index (χ0n) is 9.59. The second-order valence-corrected chi connectivity index (χ2v) is 3.96. The van der Waals surface area contributed by atoms with Crippen LogP contribution in [0.25, 0.3) is 0 Å². The number of nitrogens with zero attached hydrogens (tertiary/aromatic N) is 1. The van der Waals surface area contributed by atoms with E-state index < -0.39 is 6.29 Å². The summed E-state index contributed by atoms with van der Waals surface area (Å²) < 4.78 is 10.4. The Bertz CT molecular complexity index is 329. The van der Waals surface area contributed by atoms with Crippen LogP contribution in [0.2, 0.25) is 0 Å². The monoisotopic (exact) mass is 223 g/mol. The normalized spacial score (nSPS) is 26.7. The van der Waals surface area contributed by atoms with Gasteiger partial charge in [0.15, 0.2) is 6.29 Å². The van der Waals surface area contributed by atoms with Crippen molar-refractivity contribution in [3.8, 4) is 5.75 Å². The summed E-state index contributed by atoms with van der Waals surface area (Å²) >= 11 is 0. The third-order valence-electron chi connectivity index (χ3n) is 2.93. The Hall–Kier alpha value is -1.10. The fourth-order valence-corrected chi connectivity index (χ4v) is 1.99. The molecule has 2 unspecified atom stereocenters. The maximum Gasteiger partial charge on any atom is 0.174 e. The number of rotatable bonds is 2. The largest absolute Gasteiger partial charge is 0.497 e. The Labute approximate surface area is 95.4 Å². The van der Waals surface area contributed by atoms with E-state index in [1.165, 1.54) is 0 Å². The standard InChI is InChI=1S/C12H17NO3/c1-13-7-8-16-12(14)11(13)9-3-5-10(15-2)6-4-9/h3-6,11-12,14H,7-8H2,1-2H3. The smallest absolute Gasteiger partial charge is 0.174 e. The summed E-state index contributed by atoms with van der Waals surface area (Å²) in [6, 6.07) is 7.60. The van der Waals surface area contributed by atoms with Crippen molar-refractivity contribution < 1.29 is 14.6 Å². The highest BCUT2D eigenvalue weighted by atomic mass is 16.6. The number of likely N-dealkylation sites (N-methyl/N-ethyl adjacent to an activating group) is 1. The molecule has 0 bridgehead atoms. The van der Waals surface area contributed by atoms with E-state index in [9.17, 15) is 5.11 Å². The Morgan fingerprint density at radius 1 is 1.38 bits per heavy atom. The van der Waals surface area contributed by atoms with Crippen molar-refractivity contribution in [3.05, 3.63) is 29.8 Å². The van der Waals surface area contributed by atoms with Crippen LogP contribution in [0.15, 0.2) is 24.3 Å². The number of benzene rings is 1. The first kappa shape index (κ1) is 11.4. The second kappa shape index (κ2) is 4.82. The van der Waals surface area contributed by atoms with Crippen LogP contribution >= 0.6 is 0 Å². The van der Waals surface area contributed by atoms with E-state index >= 15 is 0 Å². The highest BCUT2D eigenvalue weighted by Crippen LogP contribution is 2.28. The Morgan fingerprint density at radius 2 is 2.06 bits per heavy atom. The molecular weight excluding hydrogens is 206 g/mol. The van der Waals surface area contributed by atoms with Crippen LogP contribution in [0.4, 0.5) is 0 Å². The Kier molecular flexibility index (Phi) is 3.43. The molecule has 0 aromatic heterocycles. The topological polar surface area (TPSA) is 41.9 Å². The predicted octanol–water partition coefficient (Wildman–Crippen LogP) is 1.02. The number of methoxy groups -OCH3 is 1. The Morgan fingerprint density at radius 3 is 2.62 bits per heavy atom. The number of hydrogen-bond donors (Lipinski definition) is 1. The van der Waals surface area contributed by atoms with E-state index in [0.29, 0.717) is 6.61 Å². The fourth-order valence-electron chi connectivity index (χ4n) is 1.99. The summed E-state index contributed by atoms with van der Waals surface area (Å²) in [7, 11) is 3.63. The summed E-state index contributed by atoms with van der Waals surface area (Å²) in [6.07, 6.45) is -0.757. The van der Waals surface area contributed by atoms with Gasteiger partial charge in [-0.05, 0) is 24.7 Å². The molecule has 16 heavy (non-hydrogen) atoms. The van der Waals surface area contributed by atoms with Crippen molar-refractivity contribution in [2.75, 3.05) is 27.3 Å². The summed E-state index contributed by atoms with van der Waals surface area (Å²) in [5.41, 5.74) is 1.04. The summed E-state index contributed by atoms with van der Waals surface area (Å²) in [5.74, 6) is 0.817. The van der Waals surface area contributed by atoms with Gasteiger partial charge in [0.25, 0.3) is 0 Å². The quantitative estimate of drug-likeness (QED) is 0.812. The predicted molar refractivity (Wildman–Crippen MR) is 60.3 cm³/mol. The molecule has 1 aromatic rings. The molecule has 2 rings (SSSR count). The molecule has 1 heterocycles. The number of hydrogen-bond acceptors (Lipinski definition) is 4. The third-order valence-corrected chi connectivity index (χ3v) is 2.93. The average molecular weight is 223 g/mol. The van der Waals surface area contributed by atoms with Crippen molar-refractivity contribution in [1.82, 2.24) is 4.90 Å². The molecule has 0 radical (unpaired) electrons. The van der Waals surface area contributed by atoms with Crippen LogP contribution in [0.3, 0.4) is 0 Å². The first-order chi connectivity index (χ1) is 7.72. The second-order valence-electron chi connectivity index (χ2n) is 3.96. The van der Waals surface area contributed by atoms with Gasteiger partial charge in [0.05, 0.1) is 19.8 Å². The van der Waals surface area contributed by atoms with Crippen LogP contribution < -0.4 is 4.74 Å². The lowest BCUT2D eigenvalue weighted by molar-refractivity contribution is -0.176. The molecule has 1 N–H and O–H groups in total. The van der Waals surface area contributed by atoms with Gasteiger partial charge in [-0.25, -0.2) is 0 Å². The summed E-state index contributed by atoms with van der Waals surface area (Å²) in [5, 5.41) is 9.82. The van der Waals surface area contributed by atoms with Gasteiger partial charge in [-0.1, -0.05) is 12.1 Å². The van der Waals surface area contributed by atoms with E-state index in [1.54, 1.807) is 7.11 Å². The van der Waals surface area contributed by atoms with Gasteiger partial charge >= 0.3 is 0 Å². The molecular formula is C12H17NO3. The molecule has 2 atom stereocenters. The zero-order valence-corrected chi connectivity index (χ0v) is 9.59. The van der Waals surface area contributed by atoms with Crippen molar-refractivity contribution in [2.24, 2.45) is 0 Å². The first-order valence-electron chi connectivity index (χ1n) is 5.36. The van der Waals surface area contributed by atoms with E-state index in [4.69, 9.17) is 9.47 Å². The maximum absolute atomic E-state index is 9.82. The van der Waals surface area contributed by atoms with Crippen LogP contribution in [-0.2, 0) is 4.74 Å². The van der Waals surface area contributed by atoms with Gasteiger partial charge < -0.3 is 14.6 Å². The zero-order chi connectivity index (χ0) is 11.5. The minimum atomic E-state index is -0.757. The minimum absolute atomic E-state index is 0.0975. The number of ether oxygens (including phenoxy) is 2. The van der Waals surface area contributed by atoms with Gasteiger partial charge in [-0.3, -0.25) is 4.90 Å². The lowest BCUT2D eigenvalue weighted by Crippen LogP contribution is -2.42. The molecule has 1 aliphatic rings. The van der Waals surface area contributed by atoms with Crippen molar-refractivity contribution in [1.29, 1.82) is 0 Å². The lowest BCUT2D eigenvalue weighted by Gasteiger charge is -2.36. The summed E-state index contributed by atoms with van der Waals surface area (Å²) in [6.45, 7) is 1.40. The summed E-state index contributed by atoms with van der Waals surface area (Å²) in [4.78, 5) is 2.09. The highest BCUT2D eigenvalue weighted by molar-refractivity contribution is 5.29. The molecule has 1 aliphatic heterocycles.